The van der Waals surface area contributed by atoms with E-state index < -0.39 is 0 Å². The molecule has 0 fully saturated rings. The molecule has 0 radical (unpaired) electrons. The van der Waals surface area contributed by atoms with Gasteiger partial charge in [-0.05, 0) is 35.9 Å². The van der Waals surface area contributed by atoms with Crippen molar-refractivity contribution in [2.75, 3.05) is 4.90 Å². The van der Waals surface area contributed by atoms with Crippen molar-refractivity contribution in [2.45, 2.75) is 6.54 Å². The molecule has 0 aliphatic carbocycles. The molecule has 1 aromatic heterocycles. The van der Waals surface area contributed by atoms with Gasteiger partial charge in [-0.15, -0.1) is 0 Å². The monoisotopic (exact) mass is 303 g/mol. The fourth-order valence-corrected chi connectivity index (χ4v) is 2.30. The Kier molecular flexibility index (Phi) is 4.69. The summed E-state index contributed by atoms with van der Waals surface area (Å²) in [6, 6.07) is 23.2. The van der Waals surface area contributed by atoms with Gasteiger partial charge in [0.1, 0.15) is 5.76 Å². The molecule has 0 spiro atoms. The van der Waals surface area contributed by atoms with E-state index in [1.54, 1.807) is 23.3 Å². The summed E-state index contributed by atoms with van der Waals surface area (Å²) in [6.45, 7) is 0.520. The molecule has 0 atom stereocenters. The lowest BCUT2D eigenvalue weighted by atomic mass is 10.2. The van der Waals surface area contributed by atoms with Crippen molar-refractivity contribution < 1.29 is 9.21 Å². The standard InChI is InChI=1S/C20H17NO2/c22-20(14-13-19-12-7-15-23-19)21(18-10-5-2-6-11-18)16-17-8-3-1-4-9-17/h1-15H,16H2. The maximum atomic E-state index is 12.6. The van der Waals surface area contributed by atoms with Crippen LogP contribution in [0.2, 0.25) is 0 Å². The number of furan rings is 1. The molecular formula is C20H17NO2. The molecule has 0 aliphatic heterocycles. The smallest absolute Gasteiger partial charge is 0.251 e. The number of rotatable bonds is 5. The number of benzene rings is 2. The van der Waals surface area contributed by atoms with Crippen LogP contribution in [0.1, 0.15) is 11.3 Å². The van der Waals surface area contributed by atoms with Crippen LogP contribution in [-0.4, -0.2) is 5.91 Å². The van der Waals surface area contributed by atoms with Crippen molar-refractivity contribution >= 4 is 17.7 Å². The average molecular weight is 303 g/mol. The molecule has 3 heteroatoms. The van der Waals surface area contributed by atoms with Crippen molar-refractivity contribution in [1.29, 1.82) is 0 Å². The first kappa shape index (κ1) is 14.9. The van der Waals surface area contributed by atoms with E-state index >= 15 is 0 Å². The molecular weight excluding hydrogens is 286 g/mol. The normalized spacial score (nSPS) is 10.8. The van der Waals surface area contributed by atoms with E-state index in [1.165, 1.54) is 6.08 Å². The summed E-state index contributed by atoms with van der Waals surface area (Å²) in [7, 11) is 0. The lowest BCUT2D eigenvalue weighted by molar-refractivity contribution is -0.114. The minimum atomic E-state index is -0.0866. The van der Waals surface area contributed by atoms with Gasteiger partial charge in [0, 0.05) is 11.8 Å². The van der Waals surface area contributed by atoms with Crippen molar-refractivity contribution in [1.82, 2.24) is 0 Å². The van der Waals surface area contributed by atoms with E-state index in [0.717, 1.165) is 11.3 Å². The zero-order valence-corrected chi connectivity index (χ0v) is 12.6. The van der Waals surface area contributed by atoms with Gasteiger partial charge in [-0.1, -0.05) is 48.5 Å². The lowest BCUT2D eigenvalue weighted by Gasteiger charge is -2.21. The molecule has 1 heterocycles. The number of hydrogen-bond donors (Lipinski definition) is 0. The Morgan fingerprint density at radius 2 is 1.61 bits per heavy atom. The molecule has 114 valence electrons. The Morgan fingerprint density at radius 3 is 2.26 bits per heavy atom. The average Bonchev–Trinajstić information content (AvgIpc) is 3.13. The lowest BCUT2D eigenvalue weighted by Crippen LogP contribution is -2.28. The minimum Gasteiger partial charge on any atom is -0.465 e. The number of anilines is 1. The second-order valence-corrected chi connectivity index (χ2v) is 5.09. The SMILES string of the molecule is O=C(C=Cc1ccco1)N(Cc1ccccc1)c1ccccc1. The predicted molar refractivity (Wildman–Crippen MR) is 91.8 cm³/mol. The second-order valence-electron chi connectivity index (χ2n) is 5.09. The molecule has 23 heavy (non-hydrogen) atoms. The highest BCUT2D eigenvalue weighted by Crippen LogP contribution is 2.18. The van der Waals surface area contributed by atoms with E-state index in [1.807, 2.05) is 66.7 Å². The number of para-hydroxylation sites is 1. The summed E-state index contributed by atoms with van der Waals surface area (Å²) in [5.74, 6) is 0.572. The van der Waals surface area contributed by atoms with E-state index in [9.17, 15) is 4.79 Å². The maximum absolute atomic E-state index is 12.6. The number of nitrogens with zero attached hydrogens (tertiary/aromatic N) is 1. The van der Waals surface area contributed by atoms with Crippen molar-refractivity contribution in [2.24, 2.45) is 0 Å². The highest BCUT2D eigenvalue weighted by molar-refractivity contribution is 6.03. The summed E-state index contributed by atoms with van der Waals surface area (Å²) in [6.07, 6.45) is 4.81. The number of carbonyl (C=O) groups excluding carboxylic acids is 1. The van der Waals surface area contributed by atoms with E-state index in [2.05, 4.69) is 0 Å². The molecule has 0 aliphatic rings. The highest BCUT2D eigenvalue weighted by atomic mass is 16.3. The Hall–Kier alpha value is -3.07. The largest absolute Gasteiger partial charge is 0.465 e. The van der Waals surface area contributed by atoms with Crippen molar-refractivity contribution in [3.05, 3.63) is 96.5 Å². The summed E-state index contributed by atoms with van der Waals surface area (Å²) in [4.78, 5) is 14.4. The Balaban J connectivity index is 1.84. The summed E-state index contributed by atoms with van der Waals surface area (Å²) in [5, 5.41) is 0. The first-order chi connectivity index (χ1) is 11.3. The van der Waals surface area contributed by atoms with Crippen LogP contribution in [0.3, 0.4) is 0 Å². The van der Waals surface area contributed by atoms with Gasteiger partial charge < -0.3 is 9.32 Å². The summed E-state index contributed by atoms with van der Waals surface area (Å²) in [5.41, 5.74) is 1.95. The van der Waals surface area contributed by atoms with Crippen LogP contribution in [-0.2, 0) is 11.3 Å². The number of amides is 1. The molecule has 0 saturated heterocycles. The first-order valence-electron chi connectivity index (χ1n) is 7.45. The third-order valence-electron chi connectivity index (χ3n) is 3.45. The molecule has 3 nitrogen and oxygen atoms in total. The van der Waals surface area contributed by atoms with Crippen LogP contribution in [0, 0.1) is 0 Å². The molecule has 0 unspecified atom stereocenters. The quantitative estimate of drug-likeness (QED) is 0.649. The Morgan fingerprint density at radius 1 is 0.913 bits per heavy atom. The van der Waals surface area contributed by atoms with Crippen LogP contribution >= 0.6 is 0 Å². The Bertz CT molecular complexity index is 762. The van der Waals surface area contributed by atoms with E-state index in [4.69, 9.17) is 4.42 Å². The van der Waals surface area contributed by atoms with Crippen LogP contribution in [0.4, 0.5) is 5.69 Å². The van der Waals surface area contributed by atoms with E-state index in [-0.39, 0.29) is 5.91 Å². The fourth-order valence-electron chi connectivity index (χ4n) is 2.30. The highest BCUT2D eigenvalue weighted by Gasteiger charge is 2.13. The number of carbonyl (C=O) groups is 1. The van der Waals surface area contributed by atoms with Crippen LogP contribution in [0.15, 0.2) is 89.6 Å². The minimum absolute atomic E-state index is 0.0866. The van der Waals surface area contributed by atoms with Gasteiger partial charge in [0.15, 0.2) is 0 Å². The number of hydrogen-bond acceptors (Lipinski definition) is 2. The van der Waals surface area contributed by atoms with Gasteiger partial charge in [0.25, 0.3) is 5.91 Å². The third-order valence-corrected chi connectivity index (χ3v) is 3.45. The van der Waals surface area contributed by atoms with Gasteiger partial charge in [-0.3, -0.25) is 4.79 Å². The molecule has 3 rings (SSSR count). The topological polar surface area (TPSA) is 33.5 Å². The van der Waals surface area contributed by atoms with E-state index in [0.29, 0.717) is 12.3 Å². The summed E-state index contributed by atoms with van der Waals surface area (Å²) >= 11 is 0. The summed E-state index contributed by atoms with van der Waals surface area (Å²) < 4.78 is 5.23. The molecule has 3 aromatic rings. The first-order valence-corrected chi connectivity index (χ1v) is 7.45. The van der Waals surface area contributed by atoms with Gasteiger partial charge in [0.2, 0.25) is 0 Å². The predicted octanol–water partition coefficient (Wildman–Crippen LogP) is 4.53. The molecule has 0 bridgehead atoms. The second kappa shape index (κ2) is 7.27. The maximum Gasteiger partial charge on any atom is 0.251 e. The van der Waals surface area contributed by atoms with Crippen LogP contribution < -0.4 is 4.90 Å². The van der Waals surface area contributed by atoms with Crippen molar-refractivity contribution in [3.63, 3.8) is 0 Å². The van der Waals surface area contributed by atoms with Crippen LogP contribution in [0.25, 0.3) is 6.08 Å². The Labute approximate surface area is 135 Å². The molecule has 1 amide bonds. The zero-order chi connectivity index (χ0) is 15.9. The zero-order valence-electron chi connectivity index (χ0n) is 12.6. The van der Waals surface area contributed by atoms with Gasteiger partial charge in [-0.2, -0.15) is 0 Å². The molecule has 2 aromatic carbocycles. The van der Waals surface area contributed by atoms with Gasteiger partial charge >= 0.3 is 0 Å². The van der Waals surface area contributed by atoms with Crippen molar-refractivity contribution in [3.8, 4) is 0 Å². The molecule has 0 N–H and O–H groups in total. The third kappa shape index (κ3) is 3.98. The van der Waals surface area contributed by atoms with Gasteiger partial charge in [-0.25, -0.2) is 0 Å². The molecule has 0 saturated carbocycles. The van der Waals surface area contributed by atoms with Crippen LogP contribution in [0.5, 0.6) is 0 Å². The fraction of sp³-hybridized carbons (Fsp3) is 0.0500. The van der Waals surface area contributed by atoms with Gasteiger partial charge in [0.05, 0.1) is 12.8 Å².